The third kappa shape index (κ3) is 3.73. The molecule has 118 valence electrons. The minimum atomic E-state index is -3.93. The lowest BCUT2D eigenvalue weighted by molar-refractivity contribution is 0.600. The lowest BCUT2D eigenvalue weighted by Crippen LogP contribution is -2.13. The summed E-state index contributed by atoms with van der Waals surface area (Å²) >= 11 is 11.7. The Morgan fingerprint density at radius 3 is 2.05 bits per heavy atom. The van der Waals surface area contributed by atoms with Gasteiger partial charge in [-0.05, 0) is 36.4 Å². The second-order valence-corrected chi connectivity index (χ2v) is 8.91. The van der Waals surface area contributed by atoms with Crippen LogP contribution in [0.15, 0.2) is 52.3 Å². The number of hydrogen-bond acceptors (Lipinski definition) is 4. The molecule has 0 amide bonds. The van der Waals surface area contributed by atoms with Crippen molar-refractivity contribution in [3.63, 3.8) is 0 Å². The van der Waals surface area contributed by atoms with Gasteiger partial charge in [0.05, 0.1) is 14.9 Å². The molecule has 0 atom stereocenters. The topological polar surface area (TPSA) is 80.3 Å². The van der Waals surface area contributed by atoms with Crippen molar-refractivity contribution < 1.29 is 16.8 Å². The van der Waals surface area contributed by atoms with Crippen molar-refractivity contribution in [2.45, 2.75) is 9.79 Å². The van der Waals surface area contributed by atoms with E-state index in [2.05, 4.69) is 4.72 Å². The number of rotatable bonds is 4. The number of benzene rings is 2. The predicted octanol–water partition coefficient (Wildman–Crippen LogP) is 3.20. The van der Waals surface area contributed by atoms with Gasteiger partial charge in [0.2, 0.25) is 0 Å². The van der Waals surface area contributed by atoms with E-state index in [1.54, 1.807) is 0 Å². The van der Waals surface area contributed by atoms with Gasteiger partial charge in [-0.2, -0.15) is 0 Å². The van der Waals surface area contributed by atoms with Crippen molar-refractivity contribution in [3.8, 4) is 0 Å². The third-order valence-corrected chi connectivity index (χ3v) is 6.22. The minimum absolute atomic E-state index is 0.0792. The van der Waals surface area contributed by atoms with E-state index in [0.29, 0.717) is 0 Å². The summed E-state index contributed by atoms with van der Waals surface area (Å²) in [6, 6.07) is 9.60. The summed E-state index contributed by atoms with van der Waals surface area (Å²) in [5.74, 6) is 0. The maximum absolute atomic E-state index is 12.3. The summed E-state index contributed by atoms with van der Waals surface area (Å²) in [7, 11) is -7.27. The number of anilines is 1. The van der Waals surface area contributed by atoms with E-state index in [9.17, 15) is 16.8 Å². The van der Waals surface area contributed by atoms with Crippen molar-refractivity contribution in [2.75, 3.05) is 11.0 Å². The van der Waals surface area contributed by atoms with E-state index in [1.165, 1.54) is 42.5 Å². The monoisotopic (exact) mass is 379 g/mol. The molecule has 9 heteroatoms. The Hall–Kier alpha value is -1.28. The van der Waals surface area contributed by atoms with Crippen LogP contribution in [-0.4, -0.2) is 23.1 Å². The highest BCUT2D eigenvalue weighted by Gasteiger charge is 2.19. The highest BCUT2D eigenvalue weighted by molar-refractivity contribution is 7.93. The first-order valence-corrected chi connectivity index (χ1v) is 10.0. The smallest absolute Gasteiger partial charge is 0.263 e. The average Bonchev–Trinajstić information content (AvgIpc) is 2.40. The van der Waals surface area contributed by atoms with Crippen LogP contribution in [0, 0.1) is 0 Å². The van der Waals surface area contributed by atoms with Crippen molar-refractivity contribution >= 4 is 48.7 Å². The Bertz CT molecular complexity index is 908. The van der Waals surface area contributed by atoms with Gasteiger partial charge in [-0.15, -0.1) is 0 Å². The largest absolute Gasteiger partial charge is 0.280 e. The maximum Gasteiger partial charge on any atom is 0.263 e. The molecule has 2 rings (SSSR count). The molecule has 0 aliphatic rings. The molecule has 0 aliphatic carbocycles. The highest BCUT2D eigenvalue weighted by Crippen LogP contribution is 2.30. The van der Waals surface area contributed by atoms with E-state index in [-0.39, 0.29) is 25.5 Å². The molecule has 0 bridgehead atoms. The molecule has 22 heavy (non-hydrogen) atoms. The van der Waals surface area contributed by atoms with Gasteiger partial charge in [-0.3, -0.25) is 4.72 Å². The molecule has 0 saturated heterocycles. The zero-order valence-electron chi connectivity index (χ0n) is 11.2. The zero-order valence-corrected chi connectivity index (χ0v) is 14.4. The molecule has 5 nitrogen and oxygen atoms in total. The molecule has 2 aromatic carbocycles. The third-order valence-electron chi connectivity index (χ3n) is 2.74. The van der Waals surface area contributed by atoms with Crippen LogP contribution in [0.5, 0.6) is 0 Å². The predicted molar refractivity (Wildman–Crippen MR) is 86.8 cm³/mol. The van der Waals surface area contributed by atoms with E-state index in [4.69, 9.17) is 23.2 Å². The molecule has 0 spiro atoms. The number of hydrogen-bond donors (Lipinski definition) is 1. The van der Waals surface area contributed by atoms with Crippen LogP contribution in [0.1, 0.15) is 0 Å². The molecular weight excluding hydrogens is 369 g/mol. The Balaban J connectivity index is 2.35. The van der Waals surface area contributed by atoms with E-state index in [1.807, 2.05) is 0 Å². The maximum atomic E-state index is 12.3. The quantitative estimate of drug-likeness (QED) is 0.884. The van der Waals surface area contributed by atoms with Crippen LogP contribution in [-0.2, 0) is 19.9 Å². The van der Waals surface area contributed by atoms with Crippen molar-refractivity contribution in [3.05, 3.63) is 52.5 Å². The molecule has 0 saturated carbocycles. The normalized spacial score (nSPS) is 12.1. The van der Waals surface area contributed by atoms with Crippen LogP contribution in [0.4, 0.5) is 5.69 Å². The Morgan fingerprint density at radius 1 is 0.909 bits per heavy atom. The van der Waals surface area contributed by atoms with Crippen LogP contribution in [0.2, 0.25) is 10.0 Å². The first-order valence-electron chi connectivity index (χ1n) is 5.88. The molecule has 0 radical (unpaired) electrons. The Labute approximate surface area is 138 Å². The first kappa shape index (κ1) is 17.1. The van der Waals surface area contributed by atoms with Gasteiger partial charge in [0.1, 0.15) is 4.90 Å². The molecule has 0 unspecified atom stereocenters. The van der Waals surface area contributed by atoms with E-state index in [0.717, 1.165) is 6.26 Å². The van der Waals surface area contributed by atoms with Crippen molar-refractivity contribution in [1.82, 2.24) is 0 Å². The molecule has 0 aromatic heterocycles. The lowest BCUT2D eigenvalue weighted by atomic mass is 10.3. The Morgan fingerprint density at radius 2 is 1.50 bits per heavy atom. The number of nitrogens with one attached hydrogen (secondary N) is 1. The standard InChI is InChI=1S/C13H11Cl2NO4S2/c1-21(17,18)10-7-5-9(6-8-10)16-22(19,20)12-4-2-3-11(14)13(12)15/h2-8,16H,1H3. The second-order valence-electron chi connectivity index (χ2n) is 4.45. The summed E-state index contributed by atoms with van der Waals surface area (Å²) in [5.41, 5.74) is 0.212. The van der Waals surface area contributed by atoms with Gasteiger partial charge >= 0.3 is 0 Å². The zero-order chi connectivity index (χ0) is 16.5. The van der Waals surface area contributed by atoms with E-state index >= 15 is 0 Å². The fraction of sp³-hybridized carbons (Fsp3) is 0.0769. The SMILES string of the molecule is CS(=O)(=O)c1ccc(NS(=O)(=O)c2cccc(Cl)c2Cl)cc1. The number of halogens is 2. The molecular formula is C13H11Cl2NO4S2. The lowest BCUT2D eigenvalue weighted by Gasteiger charge is -2.10. The fourth-order valence-corrected chi connectivity index (χ4v) is 4.12. The minimum Gasteiger partial charge on any atom is -0.280 e. The van der Waals surface area contributed by atoms with Crippen LogP contribution >= 0.6 is 23.2 Å². The van der Waals surface area contributed by atoms with Crippen LogP contribution in [0.25, 0.3) is 0 Å². The van der Waals surface area contributed by atoms with Crippen LogP contribution < -0.4 is 4.72 Å². The van der Waals surface area contributed by atoms with Gasteiger partial charge in [0.15, 0.2) is 9.84 Å². The molecule has 2 aromatic rings. The molecule has 1 N–H and O–H groups in total. The highest BCUT2D eigenvalue weighted by atomic mass is 35.5. The van der Waals surface area contributed by atoms with Gasteiger partial charge in [-0.25, -0.2) is 16.8 Å². The van der Waals surface area contributed by atoms with Gasteiger partial charge in [-0.1, -0.05) is 29.3 Å². The molecule has 0 heterocycles. The van der Waals surface area contributed by atoms with Crippen LogP contribution in [0.3, 0.4) is 0 Å². The molecule has 0 aliphatic heterocycles. The summed E-state index contributed by atoms with van der Waals surface area (Å²) in [5, 5.41) is 0.0430. The average molecular weight is 380 g/mol. The summed E-state index contributed by atoms with van der Waals surface area (Å²) in [6.45, 7) is 0. The number of sulfonamides is 1. The van der Waals surface area contributed by atoms with E-state index < -0.39 is 19.9 Å². The Kier molecular flexibility index (Phi) is 4.72. The summed E-state index contributed by atoms with van der Waals surface area (Å²) in [4.78, 5) is -0.0647. The van der Waals surface area contributed by atoms with Crippen molar-refractivity contribution in [1.29, 1.82) is 0 Å². The second kappa shape index (κ2) is 6.08. The first-order chi connectivity index (χ1) is 10.1. The van der Waals surface area contributed by atoms with Crippen molar-refractivity contribution in [2.24, 2.45) is 0 Å². The number of sulfone groups is 1. The van der Waals surface area contributed by atoms with Gasteiger partial charge in [0.25, 0.3) is 10.0 Å². The summed E-state index contributed by atoms with van der Waals surface area (Å²) < 4.78 is 49.6. The van der Waals surface area contributed by atoms with Gasteiger partial charge < -0.3 is 0 Å². The molecule has 0 fully saturated rings. The summed E-state index contributed by atoms with van der Waals surface area (Å²) in [6.07, 6.45) is 1.07. The fourth-order valence-electron chi connectivity index (χ4n) is 1.67. The van der Waals surface area contributed by atoms with Gasteiger partial charge in [0, 0.05) is 11.9 Å².